The molecule has 0 saturated heterocycles. The van der Waals surface area contributed by atoms with Gasteiger partial charge in [-0.15, -0.1) is 0 Å². The van der Waals surface area contributed by atoms with Gasteiger partial charge in [-0.25, -0.2) is 0 Å². The Morgan fingerprint density at radius 1 is 1.47 bits per heavy atom. The predicted octanol–water partition coefficient (Wildman–Crippen LogP) is 2.16. The fourth-order valence-corrected chi connectivity index (χ4v) is 1.89. The molecule has 7 heteroatoms. The second-order valence-electron chi connectivity index (χ2n) is 4.32. The van der Waals surface area contributed by atoms with E-state index in [1.165, 1.54) is 12.1 Å². The molecule has 0 aliphatic heterocycles. The molecule has 19 heavy (non-hydrogen) atoms. The molecule has 0 saturated carbocycles. The molecule has 0 radical (unpaired) electrons. The second kappa shape index (κ2) is 5.75. The molecule has 1 aromatic rings. The molecule has 0 aromatic heterocycles. The quantitative estimate of drug-likeness (QED) is 0.835. The minimum atomic E-state index is -4.50. The van der Waals surface area contributed by atoms with Gasteiger partial charge in [-0.1, -0.05) is 12.2 Å². The summed E-state index contributed by atoms with van der Waals surface area (Å²) in [7, 11) is 1.67. The monoisotopic (exact) mass is 292 g/mol. The van der Waals surface area contributed by atoms with E-state index in [0.717, 1.165) is 6.07 Å². The normalized spacial score (nSPS) is 13.2. The van der Waals surface area contributed by atoms with Gasteiger partial charge in [-0.2, -0.15) is 13.2 Å². The Labute approximate surface area is 114 Å². The van der Waals surface area contributed by atoms with Gasteiger partial charge in [-0.05, 0) is 25.1 Å². The molecule has 0 bridgehead atoms. The van der Waals surface area contributed by atoms with Crippen molar-refractivity contribution in [1.82, 2.24) is 0 Å². The van der Waals surface area contributed by atoms with Gasteiger partial charge in [-0.3, -0.25) is 0 Å². The van der Waals surface area contributed by atoms with E-state index in [0.29, 0.717) is 12.2 Å². The highest BCUT2D eigenvalue weighted by Crippen LogP contribution is 2.33. The van der Waals surface area contributed by atoms with E-state index in [2.05, 4.69) is 12.2 Å². The summed E-state index contributed by atoms with van der Waals surface area (Å²) in [5, 5.41) is 9.27. The first-order valence-corrected chi connectivity index (χ1v) is 5.94. The summed E-state index contributed by atoms with van der Waals surface area (Å²) in [5.41, 5.74) is 4.79. The highest BCUT2D eigenvalue weighted by molar-refractivity contribution is 7.80. The van der Waals surface area contributed by atoms with Gasteiger partial charge < -0.3 is 15.7 Å². The van der Waals surface area contributed by atoms with Crippen molar-refractivity contribution >= 4 is 22.9 Å². The summed E-state index contributed by atoms with van der Waals surface area (Å²) >= 11 is 4.66. The summed E-state index contributed by atoms with van der Waals surface area (Å²) in [4.78, 5) is 1.33. The van der Waals surface area contributed by atoms with E-state index >= 15 is 0 Å². The van der Waals surface area contributed by atoms with Crippen molar-refractivity contribution in [1.29, 1.82) is 0 Å². The van der Waals surface area contributed by atoms with Crippen molar-refractivity contribution in [3.8, 4) is 0 Å². The SMILES string of the molecule is CC(O)CN(C)c1ccc(C(F)(F)F)c(C(N)=S)c1. The Kier molecular flexibility index (Phi) is 4.75. The molecule has 1 rings (SSSR count). The summed E-state index contributed by atoms with van der Waals surface area (Å²) < 4.78 is 38.3. The van der Waals surface area contributed by atoms with Crippen LogP contribution in [0.2, 0.25) is 0 Å². The van der Waals surface area contributed by atoms with Crippen molar-refractivity contribution < 1.29 is 18.3 Å². The van der Waals surface area contributed by atoms with E-state index < -0.39 is 17.8 Å². The lowest BCUT2D eigenvalue weighted by Crippen LogP contribution is -2.27. The molecule has 0 aliphatic rings. The zero-order valence-electron chi connectivity index (χ0n) is 10.5. The number of anilines is 1. The molecule has 0 heterocycles. The molecule has 1 atom stereocenters. The third kappa shape index (κ3) is 4.07. The van der Waals surface area contributed by atoms with Crippen LogP contribution in [0.15, 0.2) is 18.2 Å². The molecule has 1 aromatic carbocycles. The van der Waals surface area contributed by atoms with Crippen molar-refractivity contribution in [3.05, 3.63) is 29.3 Å². The summed E-state index contributed by atoms with van der Waals surface area (Å²) in [6.07, 6.45) is -5.10. The molecular weight excluding hydrogens is 277 g/mol. The van der Waals surface area contributed by atoms with Gasteiger partial charge in [0.15, 0.2) is 0 Å². The number of hydrogen-bond acceptors (Lipinski definition) is 3. The minimum absolute atomic E-state index is 0.211. The summed E-state index contributed by atoms with van der Waals surface area (Å²) in [5.74, 6) is 0. The average Bonchev–Trinajstić information content (AvgIpc) is 2.25. The standard InChI is InChI=1S/C12H15F3N2OS/c1-7(18)6-17(2)8-3-4-10(12(13,14)15)9(5-8)11(16)19/h3-5,7,18H,6H2,1-2H3,(H2,16,19). The molecule has 106 valence electrons. The number of alkyl halides is 3. The van der Waals surface area contributed by atoms with Crippen molar-refractivity contribution in [3.63, 3.8) is 0 Å². The molecule has 0 spiro atoms. The number of nitrogens with two attached hydrogens (primary N) is 1. The molecule has 3 nitrogen and oxygen atoms in total. The highest BCUT2D eigenvalue weighted by Gasteiger charge is 2.34. The van der Waals surface area contributed by atoms with E-state index in [4.69, 9.17) is 5.73 Å². The smallest absolute Gasteiger partial charge is 0.392 e. The van der Waals surface area contributed by atoms with Crippen LogP contribution in [0.5, 0.6) is 0 Å². The summed E-state index contributed by atoms with van der Waals surface area (Å²) in [6.45, 7) is 1.89. The van der Waals surface area contributed by atoms with Crippen molar-refractivity contribution in [2.75, 3.05) is 18.5 Å². The molecule has 3 N–H and O–H groups in total. The Hall–Kier alpha value is -1.34. The molecular formula is C12H15F3N2OS. The topological polar surface area (TPSA) is 49.5 Å². The van der Waals surface area contributed by atoms with Gasteiger partial charge >= 0.3 is 6.18 Å². The largest absolute Gasteiger partial charge is 0.417 e. The van der Waals surface area contributed by atoms with Gasteiger partial charge in [0.25, 0.3) is 0 Å². The van der Waals surface area contributed by atoms with Crippen LogP contribution in [0.25, 0.3) is 0 Å². The number of aliphatic hydroxyl groups is 1. The van der Waals surface area contributed by atoms with Gasteiger partial charge in [0.2, 0.25) is 0 Å². The van der Waals surface area contributed by atoms with Crippen LogP contribution in [0.1, 0.15) is 18.1 Å². The minimum Gasteiger partial charge on any atom is -0.392 e. The van der Waals surface area contributed by atoms with Crippen LogP contribution in [0.3, 0.4) is 0 Å². The maximum absolute atomic E-state index is 12.8. The number of likely N-dealkylation sites (N-methyl/N-ethyl adjacent to an activating group) is 1. The lowest BCUT2D eigenvalue weighted by atomic mass is 10.1. The number of benzene rings is 1. The Balaban J connectivity index is 3.20. The first-order chi connectivity index (χ1) is 8.62. The third-order valence-electron chi connectivity index (χ3n) is 2.55. The predicted molar refractivity (Wildman–Crippen MR) is 72.3 cm³/mol. The van der Waals surface area contributed by atoms with Crippen molar-refractivity contribution in [2.45, 2.75) is 19.2 Å². The lowest BCUT2D eigenvalue weighted by Gasteiger charge is -2.22. The third-order valence-corrected chi connectivity index (χ3v) is 2.77. The van der Waals surface area contributed by atoms with Crippen molar-refractivity contribution in [2.24, 2.45) is 5.73 Å². The zero-order chi connectivity index (χ0) is 14.8. The number of nitrogens with zero attached hydrogens (tertiary/aromatic N) is 1. The maximum atomic E-state index is 12.8. The van der Waals surface area contributed by atoms with Gasteiger partial charge in [0.1, 0.15) is 4.99 Å². The van der Waals surface area contributed by atoms with Crippen LogP contribution in [-0.4, -0.2) is 29.8 Å². The molecule has 1 unspecified atom stereocenters. The van der Waals surface area contributed by atoms with E-state index in [-0.39, 0.29) is 10.6 Å². The number of thiocarbonyl (C=S) groups is 1. The van der Waals surface area contributed by atoms with Crippen LogP contribution in [0.4, 0.5) is 18.9 Å². The van der Waals surface area contributed by atoms with Crippen LogP contribution < -0.4 is 10.6 Å². The summed E-state index contributed by atoms with van der Waals surface area (Å²) in [6, 6.07) is 3.56. The van der Waals surface area contributed by atoms with Crippen LogP contribution >= 0.6 is 12.2 Å². The molecule has 0 fully saturated rings. The van der Waals surface area contributed by atoms with Crippen LogP contribution in [-0.2, 0) is 6.18 Å². The number of aliphatic hydroxyl groups excluding tert-OH is 1. The van der Waals surface area contributed by atoms with E-state index in [1.807, 2.05) is 0 Å². The fraction of sp³-hybridized carbons (Fsp3) is 0.417. The fourth-order valence-electron chi connectivity index (χ4n) is 1.72. The maximum Gasteiger partial charge on any atom is 0.417 e. The number of hydrogen-bond donors (Lipinski definition) is 2. The molecule has 0 amide bonds. The Morgan fingerprint density at radius 3 is 2.47 bits per heavy atom. The average molecular weight is 292 g/mol. The first kappa shape index (κ1) is 15.7. The number of rotatable bonds is 4. The van der Waals surface area contributed by atoms with Crippen LogP contribution in [0, 0.1) is 0 Å². The van der Waals surface area contributed by atoms with E-state index in [9.17, 15) is 18.3 Å². The highest BCUT2D eigenvalue weighted by atomic mass is 32.1. The first-order valence-electron chi connectivity index (χ1n) is 5.53. The number of halogens is 3. The Morgan fingerprint density at radius 2 is 2.05 bits per heavy atom. The van der Waals surface area contributed by atoms with Gasteiger partial charge in [0, 0.05) is 24.8 Å². The van der Waals surface area contributed by atoms with E-state index in [1.54, 1.807) is 18.9 Å². The van der Waals surface area contributed by atoms with Gasteiger partial charge in [0.05, 0.1) is 11.7 Å². The molecule has 0 aliphatic carbocycles. The Bertz CT molecular complexity index is 475. The second-order valence-corrected chi connectivity index (χ2v) is 4.76. The zero-order valence-corrected chi connectivity index (χ0v) is 11.3. The lowest BCUT2D eigenvalue weighted by molar-refractivity contribution is -0.137.